The number of aliphatic imine (C=N–C) groups is 1. The van der Waals surface area contributed by atoms with Gasteiger partial charge in [0, 0.05) is 37.6 Å². The number of sulfone groups is 1. The van der Waals surface area contributed by atoms with E-state index in [1.807, 2.05) is 19.1 Å². The van der Waals surface area contributed by atoms with Gasteiger partial charge >= 0.3 is 0 Å². The molecule has 0 radical (unpaired) electrons. The van der Waals surface area contributed by atoms with E-state index in [4.69, 9.17) is 0 Å². The number of guanidine groups is 1. The molecule has 166 valence electrons. The summed E-state index contributed by atoms with van der Waals surface area (Å²) < 4.78 is 39.3. The number of halogens is 1. The van der Waals surface area contributed by atoms with Crippen LogP contribution >= 0.6 is 0 Å². The van der Waals surface area contributed by atoms with Crippen molar-refractivity contribution in [1.29, 1.82) is 0 Å². The summed E-state index contributed by atoms with van der Waals surface area (Å²) in [5.41, 5.74) is 2.36. The monoisotopic (exact) mass is 444 g/mol. The summed E-state index contributed by atoms with van der Waals surface area (Å²) >= 11 is 0. The highest BCUT2D eigenvalue weighted by molar-refractivity contribution is 7.89. The average Bonchev–Trinajstić information content (AvgIpc) is 3.13. The van der Waals surface area contributed by atoms with Crippen molar-refractivity contribution in [1.82, 2.24) is 15.2 Å². The Balaban J connectivity index is 1.61. The molecule has 1 heterocycles. The minimum atomic E-state index is -3.22. The zero-order chi connectivity index (χ0) is 22.3. The minimum Gasteiger partial charge on any atom is -0.357 e. The van der Waals surface area contributed by atoms with Crippen LogP contribution in [0.1, 0.15) is 24.5 Å². The Hall–Kier alpha value is -2.87. The Bertz CT molecular complexity index is 1160. The van der Waals surface area contributed by atoms with Crippen molar-refractivity contribution in [3.63, 3.8) is 0 Å². The fraction of sp³-hybridized carbons (Fsp3) is 0.348. The Morgan fingerprint density at radius 2 is 1.90 bits per heavy atom. The lowest BCUT2D eigenvalue weighted by molar-refractivity contribution is 0.600. The molecule has 2 N–H and O–H groups in total. The van der Waals surface area contributed by atoms with Crippen molar-refractivity contribution in [2.24, 2.45) is 4.99 Å². The first-order chi connectivity index (χ1) is 14.9. The first-order valence-electron chi connectivity index (χ1n) is 10.4. The highest BCUT2D eigenvalue weighted by atomic mass is 32.2. The second-order valence-corrected chi connectivity index (χ2v) is 9.67. The molecule has 3 aromatic rings. The molecule has 8 heteroatoms. The fourth-order valence-corrected chi connectivity index (χ4v) is 4.31. The van der Waals surface area contributed by atoms with Crippen LogP contribution in [-0.4, -0.2) is 38.3 Å². The summed E-state index contributed by atoms with van der Waals surface area (Å²) in [5, 5.41) is 7.70. The Labute approximate surface area is 183 Å². The Kier molecular flexibility index (Phi) is 7.68. The number of nitrogens with one attached hydrogen (secondary N) is 2. The molecule has 6 nitrogen and oxygen atoms in total. The predicted molar refractivity (Wildman–Crippen MR) is 124 cm³/mol. The van der Waals surface area contributed by atoms with E-state index in [-0.39, 0.29) is 12.3 Å². The second kappa shape index (κ2) is 10.4. The van der Waals surface area contributed by atoms with Gasteiger partial charge < -0.3 is 15.2 Å². The maximum Gasteiger partial charge on any atom is 0.191 e. The second-order valence-electron chi connectivity index (χ2n) is 7.53. The van der Waals surface area contributed by atoms with Crippen LogP contribution < -0.4 is 10.6 Å². The van der Waals surface area contributed by atoms with Crippen LogP contribution in [0.3, 0.4) is 0 Å². The average molecular weight is 445 g/mol. The van der Waals surface area contributed by atoms with Crippen LogP contribution in [0.5, 0.6) is 0 Å². The number of aryl methyl sites for hydroxylation is 1. The van der Waals surface area contributed by atoms with Gasteiger partial charge in [0.2, 0.25) is 0 Å². The van der Waals surface area contributed by atoms with E-state index in [1.54, 1.807) is 0 Å². The summed E-state index contributed by atoms with van der Waals surface area (Å²) in [7, 11) is -3.22. The molecular weight excluding hydrogens is 415 g/mol. The SMILES string of the molecule is CCNC(=NCc1cc(F)ccc1CS(C)(=O)=O)NCCCn1ccc2ccccc21. The number of fused-ring (bicyclic) bond motifs is 1. The highest BCUT2D eigenvalue weighted by Gasteiger charge is 2.11. The summed E-state index contributed by atoms with van der Waals surface area (Å²) in [6.07, 6.45) is 4.17. The molecule has 0 atom stereocenters. The van der Waals surface area contributed by atoms with Gasteiger partial charge in [-0.25, -0.2) is 17.8 Å². The van der Waals surface area contributed by atoms with Gasteiger partial charge in [-0.3, -0.25) is 0 Å². The maximum absolute atomic E-state index is 13.7. The molecule has 0 saturated heterocycles. The zero-order valence-corrected chi connectivity index (χ0v) is 18.8. The number of benzene rings is 2. The molecule has 0 bridgehead atoms. The predicted octanol–water partition coefficient (Wildman–Crippen LogP) is 3.47. The number of nitrogens with zero attached hydrogens (tertiary/aromatic N) is 2. The van der Waals surface area contributed by atoms with Crippen molar-refractivity contribution in [3.8, 4) is 0 Å². The van der Waals surface area contributed by atoms with Crippen LogP contribution in [-0.2, 0) is 28.7 Å². The van der Waals surface area contributed by atoms with E-state index in [0.717, 1.165) is 19.5 Å². The van der Waals surface area contributed by atoms with Gasteiger partial charge in [-0.15, -0.1) is 0 Å². The number of aromatic nitrogens is 1. The molecule has 0 aliphatic rings. The minimum absolute atomic E-state index is 0.132. The van der Waals surface area contributed by atoms with Gasteiger partial charge in [0.15, 0.2) is 15.8 Å². The van der Waals surface area contributed by atoms with E-state index in [1.165, 1.54) is 35.4 Å². The topological polar surface area (TPSA) is 75.5 Å². The maximum atomic E-state index is 13.7. The third-order valence-corrected chi connectivity index (χ3v) is 5.72. The molecule has 1 aromatic heterocycles. The molecule has 0 aliphatic carbocycles. The summed E-state index contributed by atoms with van der Waals surface area (Å²) in [5.74, 6) is 0.0845. The normalized spacial score (nSPS) is 12.3. The lowest BCUT2D eigenvalue weighted by Crippen LogP contribution is -2.38. The lowest BCUT2D eigenvalue weighted by atomic mass is 10.1. The van der Waals surface area contributed by atoms with Crippen LogP contribution in [0.4, 0.5) is 4.39 Å². The standard InChI is InChI=1S/C23H29FN4O2S/c1-3-25-23(26-12-6-13-28-14-11-18-7-4-5-8-22(18)28)27-16-20-15-21(24)10-9-19(20)17-31(2,29)30/h4-5,7-11,14-15H,3,6,12-13,16-17H2,1-2H3,(H2,25,26,27). The molecule has 0 spiro atoms. The van der Waals surface area contributed by atoms with Gasteiger partial charge in [0.1, 0.15) is 5.82 Å². The molecule has 31 heavy (non-hydrogen) atoms. The molecule has 0 saturated carbocycles. The molecule has 3 rings (SSSR count). The Morgan fingerprint density at radius 1 is 1.10 bits per heavy atom. The van der Waals surface area contributed by atoms with E-state index in [9.17, 15) is 12.8 Å². The molecule has 2 aromatic carbocycles. The van der Waals surface area contributed by atoms with Gasteiger partial charge in [-0.05, 0) is 54.1 Å². The first kappa shape index (κ1) is 22.8. The third-order valence-electron chi connectivity index (χ3n) is 4.89. The van der Waals surface area contributed by atoms with Crippen molar-refractivity contribution < 1.29 is 12.8 Å². The highest BCUT2D eigenvalue weighted by Crippen LogP contribution is 2.16. The van der Waals surface area contributed by atoms with Gasteiger partial charge in [-0.2, -0.15) is 0 Å². The summed E-state index contributed by atoms with van der Waals surface area (Å²) in [6.45, 7) is 4.45. The van der Waals surface area contributed by atoms with Crippen molar-refractivity contribution in [2.75, 3.05) is 19.3 Å². The van der Waals surface area contributed by atoms with Crippen molar-refractivity contribution >= 4 is 26.7 Å². The van der Waals surface area contributed by atoms with Crippen molar-refractivity contribution in [3.05, 3.63) is 71.7 Å². The third kappa shape index (κ3) is 6.82. The first-order valence-corrected chi connectivity index (χ1v) is 12.4. The largest absolute Gasteiger partial charge is 0.357 e. The van der Waals surface area contributed by atoms with Crippen molar-refractivity contribution in [2.45, 2.75) is 32.2 Å². The quantitative estimate of drug-likeness (QED) is 0.301. The van der Waals surface area contributed by atoms with E-state index < -0.39 is 15.7 Å². The summed E-state index contributed by atoms with van der Waals surface area (Å²) in [6, 6.07) is 14.5. The zero-order valence-electron chi connectivity index (χ0n) is 17.9. The van der Waals surface area contributed by atoms with Gasteiger partial charge in [0.05, 0.1) is 12.3 Å². The molecule has 0 unspecified atom stereocenters. The fourth-order valence-electron chi connectivity index (χ4n) is 3.46. The van der Waals surface area contributed by atoms with Crippen LogP contribution in [0.25, 0.3) is 10.9 Å². The number of rotatable bonds is 9. The molecule has 0 aliphatic heterocycles. The number of para-hydroxylation sites is 1. The van der Waals surface area contributed by atoms with Gasteiger partial charge in [-0.1, -0.05) is 24.3 Å². The van der Waals surface area contributed by atoms with E-state index in [0.29, 0.717) is 23.6 Å². The van der Waals surface area contributed by atoms with Crippen LogP contribution in [0, 0.1) is 5.82 Å². The van der Waals surface area contributed by atoms with E-state index in [2.05, 4.69) is 44.6 Å². The summed E-state index contributed by atoms with van der Waals surface area (Å²) in [4.78, 5) is 4.53. The molecule has 0 fully saturated rings. The Morgan fingerprint density at radius 3 is 2.68 bits per heavy atom. The number of hydrogen-bond acceptors (Lipinski definition) is 3. The van der Waals surface area contributed by atoms with E-state index >= 15 is 0 Å². The smallest absolute Gasteiger partial charge is 0.191 e. The molecular formula is C23H29FN4O2S. The van der Waals surface area contributed by atoms with Crippen LogP contribution in [0.15, 0.2) is 59.7 Å². The van der Waals surface area contributed by atoms with Crippen LogP contribution in [0.2, 0.25) is 0 Å². The van der Waals surface area contributed by atoms with Gasteiger partial charge in [0.25, 0.3) is 0 Å². The number of hydrogen-bond donors (Lipinski definition) is 2. The molecule has 0 amide bonds. The lowest BCUT2D eigenvalue weighted by Gasteiger charge is -2.13.